The fraction of sp³-hybridized carbons (Fsp3) is 0.421. The third kappa shape index (κ3) is 5.62. The Morgan fingerprint density at radius 3 is 2.64 bits per heavy atom. The van der Waals surface area contributed by atoms with Crippen molar-refractivity contribution in [2.24, 2.45) is 5.92 Å². The fourth-order valence-electron chi connectivity index (χ4n) is 2.48. The average Bonchev–Trinajstić information content (AvgIpc) is 2.65. The quantitative estimate of drug-likeness (QED) is 0.705. The highest BCUT2D eigenvalue weighted by atomic mass is 16.5. The topological polar surface area (TPSA) is 88.0 Å². The van der Waals surface area contributed by atoms with E-state index < -0.39 is 24.8 Å². The first-order valence-corrected chi connectivity index (χ1v) is 8.27. The summed E-state index contributed by atoms with van der Waals surface area (Å²) in [6, 6.07) is 5.90. The largest absolute Gasteiger partial charge is 0.497 e. The molecule has 0 aromatic heterocycles. The predicted molar refractivity (Wildman–Crippen MR) is 94.3 cm³/mol. The average molecular weight is 347 g/mol. The number of aliphatic hydroxyl groups is 2. The van der Waals surface area contributed by atoms with Gasteiger partial charge in [-0.3, -0.25) is 0 Å². The smallest absolute Gasteiger partial charge is 0.407 e. The summed E-state index contributed by atoms with van der Waals surface area (Å²) < 4.78 is 10.2. The Morgan fingerprint density at radius 2 is 2.08 bits per heavy atom. The van der Waals surface area contributed by atoms with Gasteiger partial charge in [-0.2, -0.15) is 0 Å². The molecule has 1 amide bonds. The lowest BCUT2D eigenvalue weighted by Crippen LogP contribution is -2.42. The number of hydrogen-bond acceptors (Lipinski definition) is 5. The Hall–Kier alpha value is -2.31. The van der Waals surface area contributed by atoms with E-state index in [2.05, 4.69) is 18.3 Å². The van der Waals surface area contributed by atoms with Gasteiger partial charge in [0, 0.05) is 0 Å². The molecule has 0 spiro atoms. The Morgan fingerprint density at radius 1 is 1.36 bits per heavy atom. The molecule has 0 radical (unpaired) electrons. The number of carbonyl (C=O) groups is 1. The van der Waals surface area contributed by atoms with E-state index in [4.69, 9.17) is 9.47 Å². The number of benzene rings is 1. The molecule has 0 aliphatic heterocycles. The maximum absolute atomic E-state index is 11.9. The number of methoxy groups -OCH3 is 1. The van der Waals surface area contributed by atoms with Crippen LogP contribution in [0.25, 0.3) is 0 Å². The molecule has 1 aliphatic carbocycles. The third-order valence-electron chi connectivity index (χ3n) is 4.10. The van der Waals surface area contributed by atoms with Crippen LogP contribution in [0.5, 0.6) is 5.75 Å². The molecule has 0 fully saturated rings. The van der Waals surface area contributed by atoms with Crippen LogP contribution in [0, 0.1) is 5.92 Å². The molecule has 1 unspecified atom stereocenters. The lowest BCUT2D eigenvalue weighted by molar-refractivity contribution is 0.0803. The van der Waals surface area contributed by atoms with Crippen molar-refractivity contribution in [3.8, 4) is 5.75 Å². The number of carbonyl (C=O) groups excluding carboxylic acids is 1. The molecule has 1 aromatic rings. The second-order valence-electron chi connectivity index (χ2n) is 6.08. The Labute approximate surface area is 147 Å². The lowest BCUT2D eigenvalue weighted by atomic mass is 9.99. The molecular weight excluding hydrogens is 322 g/mol. The van der Waals surface area contributed by atoms with E-state index in [1.807, 2.05) is 12.2 Å². The maximum Gasteiger partial charge on any atom is 0.407 e. The van der Waals surface area contributed by atoms with Crippen molar-refractivity contribution in [1.82, 2.24) is 5.32 Å². The van der Waals surface area contributed by atoms with Gasteiger partial charge in [0.1, 0.15) is 18.5 Å². The minimum absolute atomic E-state index is 0.159. The lowest BCUT2D eigenvalue weighted by Gasteiger charge is -2.22. The van der Waals surface area contributed by atoms with Gasteiger partial charge >= 0.3 is 6.09 Å². The van der Waals surface area contributed by atoms with Gasteiger partial charge in [-0.1, -0.05) is 37.3 Å². The molecule has 1 aromatic carbocycles. The van der Waals surface area contributed by atoms with Gasteiger partial charge in [0.25, 0.3) is 0 Å². The van der Waals surface area contributed by atoms with Crippen molar-refractivity contribution >= 4 is 6.09 Å². The van der Waals surface area contributed by atoms with Crippen molar-refractivity contribution in [3.63, 3.8) is 0 Å². The number of hydrogen-bond donors (Lipinski definition) is 3. The van der Waals surface area contributed by atoms with Crippen LogP contribution in [0.3, 0.4) is 0 Å². The Kier molecular flexibility index (Phi) is 7.03. The minimum Gasteiger partial charge on any atom is -0.497 e. The van der Waals surface area contributed by atoms with E-state index in [0.29, 0.717) is 17.2 Å². The molecule has 2 rings (SSSR count). The SMILES string of the molecule is COc1ccc([C@@H](O)[C@@H](CO)NC(=O)OCC2=CCC(C)C=C2)cc1. The second kappa shape index (κ2) is 9.25. The first-order chi connectivity index (χ1) is 12.0. The van der Waals surface area contributed by atoms with Gasteiger partial charge in [0.05, 0.1) is 19.8 Å². The first kappa shape index (κ1) is 19.0. The Balaban J connectivity index is 1.87. The minimum atomic E-state index is -1.06. The highest BCUT2D eigenvalue weighted by Crippen LogP contribution is 2.20. The maximum atomic E-state index is 11.9. The van der Waals surface area contributed by atoms with Crippen molar-refractivity contribution in [2.75, 3.05) is 20.3 Å². The van der Waals surface area contributed by atoms with Crippen LogP contribution in [0.2, 0.25) is 0 Å². The molecule has 25 heavy (non-hydrogen) atoms. The fourth-order valence-corrected chi connectivity index (χ4v) is 2.48. The van der Waals surface area contributed by atoms with Crippen LogP contribution in [0.15, 0.2) is 48.1 Å². The number of rotatable bonds is 7. The van der Waals surface area contributed by atoms with Crippen LogP contribution >= 0.6 is 0 Å². The summed E-state index contributed by atoms with van der Waals surface area (Å²) in [5.41, 5.74) is 1.50. The van der Waals surface area contributed by atoms with Crippen LogP contribution in [-0.4, -0.2) is 42.7 Å². The summed E-state index contributed by atoms with van der Waals surface area (Å²) in [4.78, 5) is 11.9. The van der Waals surface area contributed by atoms with Gasteiger partial charge in [-0.05, 0) is 35.6 Å². The summed E-state index contributed by atoms with van der Waals surface area (Å²) in [6.07, 6.45) is 5.23. The standard InChI is InChI=1S/C19H25NO5/c1-13-3-5-14(6-4-13)12-25-19(23)20-17(11-21)18(22)15-7-9-16(24-2)10-8-15/h3,5-10,13,17-18,21-22H,4,11-12H2,1-2H3,(H,20,23)/t13?,17-,18-/m1/s1. The van der Waals surface area contributed by atoms with Gasteiger partial charge in [-0.25, -0.2) is 4.79 Å². The van der Waals surface area contributed by atoms with Crippen LogP contribution < -0.4 is 10.1 Å². The molecule has 6 heteroatoms. The normalized spacial score (nSPS) is 18.9. The van der Waals surface area contributed by atoms with Gasteiger partial charge < -0.3 is 25.0 Å². The van der Waals surface area contributed by atoms with E-state index in [-0.39, 0.29) is 6.61 Å². The number of aliphatic hydroxyl groups excluding tert-OH is 2. The van der Waals surface area contributed by atoms with Crippen molar-refractivity contribution in [2.45, 2.75) is 25.5 Å². The van der Waals surface area contributed by atoms with E-state index in [0.717, 1.165) is 12.0 Å². The Bertz CT molecular complexity index is 623. The van der Waals surface area contributed by atoms with Crippen LogP contribution in [-0.2, 0) is 4.74 Å². The van der Waals surface area contributed by atoms with Gasteiger partial charge in [-0.15, -0.1) is 0 Å². The molecular formula is C19H25NO5. The van der Waals surface area contributed by atoms with E-state index in [9.17, 15) is 15.0 Å². The summed E-state index contributed by atoms with van der Waals surface area (Å²) in [6.45, 7) is 1.86. The molecule has 3 atom stereocenters. The van der Waals surface area contributed by atoms with Gasteiger partial charge in [0.15, 0.2) is 0 Å². The summed E-state index contributed by atoms with van der Waals surface area (Å²) in [5, 5.41) is 22.3. The van der Waals surface area contributed by atoms with Crippen molar-refractivity contribution in [3.05, 3.63) is 53.6 Å². The van der Waals surface area contributed by atoms with E-state index in [1.165, 1.54) is 0 Å². The zero-order valence-corrected chi connectivity index (χ0v) is 14.5. The molecule has 0 saturated carbocycles. The number of alkyl carbamates (subject to hydrolysis) is 1. The molecule has 3 N–H and O–H groups in total. The monoisotopic (exact) mass is 347 g/mol. The molecule has 6 nitrogen and oxygen atoms in total. The third-order valence-corrected chi connectivity index (χ3v) is 4.10. The summed E-state index contributed by atoms with van der Waals surface area (Å²) in [7, 11) is 1.55. The highest BCUT2D eigenvalue weighted by molar-refractivity contribution is 5.68. The van der Waals surface area contributed by atoms with Crippen molar-refractivity contribution < 1.29 is 24.5 Å². The highest BCUT2D eigenvalue weighted by Gasteiger charge is 2.23. The zero-order valence-electron chi connectivity index (χ0n) is 14.5. The molecule has 0 bridgehead atoms. The molecule has 0 heterocycles. The first-order valence-electron chi connectivity index (χ1n) is 8.27. The van der Waals surface area contributed by atoms with E-state index in [1.54, 1.807) is 31.4 Å². The predicted octanol–water partition coefficient (Wildman–Crippen LogP) is 2.34. The number of nitrogens with one attached hydrogen (secondary N) is 1. The number of amides is 1. The zero-order chi connectivity index (χ0) is 18.2. The second-order valence-corrected chi connectivity index (χ2v) is 6.08. The number of ether oxygens (including phenoxy) is 2. The molecule has 0 saturated heterocycles. The molecule has 1 aliphatic rings. The van der Waals surface area contributed by atoms with E-state index >= 15 is 0 Å². The number of allylic oxidation sites excluding steroid dienone is 2. The summed E-state index contributed by atoms with van der Waals surface area (Å²) in [5.74, 6) is 1.16. The summed E-state index contributed by atoms with van der Waals surface area (Å²) >= 11 is 0. The van der Waals surface area contributed by atoms with Crippen LogP contribution in [0.4, 0.5) is 4.79 Å². The van der Waals surface area contributed by atoms with Crippen molar-refractivity contribution in [1.29, 1.82) is 0 Å². The van der Waals surface area contributed by atoms with Gasteiger partial charge in [0.2, 0.25) is 0 Å². The van der Waals surface area contributed by atoms with Crippen LogP contribution in [0.1, 0.15) is 25.0 Å². The molecule has 136 valence electrons.